The molecule has 3 nitrogen and oxygen atoms in total. The maximum absolute atomic E-state index is 5.33. The molecule has 0 amide bonds. The molecule has 0 N–H and O–H groups in total. The Morgan fingerprint density at radius 1 is 0.808 bits per heavy atom. The predicted molar refractivity (Wildman–Crippen MR) is 108 cm³/mol. The molecular formula is C22H16N2OS. The van der Waals surface area contributed by atoms with Crippen LogP contribution in [0.5, 0.6) is 5.75 Å². The van der Waals surface area contributed by atoms with Crippen molar-refractivity contribution in [2.45, 2.75) is 0 Å². The zero-order valence-electron chi connectivity index (χ0n) is 14.2. The normalized spacial score (nSPS) is 11.3. The Hall–Kier alpha value is -3.11. The second-order valence-electron chi connectivity index (χ2n) is 6.09. The van der Waals surface area contributed by atoms with Gasteiger partial charge in [0.15, 0.2) is 4.96 Å². The molecule has 0 saturated heterocycles. The van der Waals surface area contributed by atoms with Gasteiger partial charge in [-0.1, -0.05) is 53.8 Å². The van der Waals surface area contributed by atoms with Gasteiger partial charge in [-0.15, -0.1) is 0 Å². The van der Waals surface area contributed by atoms with Gasteiger partial charge >= 0.3 is 0 Å². The van der Waals surface area contributed by atoms with Gasteiger partial charge in [0.25, 0.3) is 0 Å². The van der Waals surface area contributed by atoms with E-state index in [1.807, 2.05) is 24.3 Å². The van der Waals surface area contributed by atoms with Crippen molar-refractivity contribution < 1.29 is 4.74 Å². The number of imidazole rings is 1. The third kappa shape index (κ3) is 2.30. The Labute approximate surface area is 155 Å². The van der Waals surface area contributed by atoms with Gasteiger partial charge in [0.2, 0.25) is 0 Å². The van der Waals surface area contributed by atoms with Crippen LogP contribution in [0.25, 0.3) is 37.7 Å². The van der Waals surface area contributed by atoms with E-state index in [-0.39, 0.29) is 0 Å². The molecule has 0 fully saturated rings. The monoisotopic (exact) mass is 356 g/mol. The molecule has 5 rings (SSSR count). The van der Waals surface area contributed by atoms with E-state index in [4.69, 9.17) is 9.72 Å². The fourth-order valence-corrected chi connectivity index (χ4v) is 4.49. The Balaban J connectivity index is 1.86. The van der Waals surface area contributed by atoms with Gasteiger partial charge in [-0.25, -0.2) is 4.98 Å². The molecule has 126 valence electrons. The van der Waals surface area contributed by atoms with Crippen LogP contribution in [-0.4, -0.2) is 16.5 Å². The molecule has 0 aliphatic heterocycles. The number of nitrogens with zero attached hydrogens (tertiary/aromatic N) is 2. The third-order valence-electron chi connectivity index (χ3n) is 4.56. The Morgan fingerprint density at radius 2 is 1.54 bits per heavy atom. The first-order chi connectivity index (χ1) is 12.8. The summed E-state index contributed by atoms with van der Waals surface area (Å²) in [6.45, 7) is 0. The van der Waals surface area contributed by atoms with E-state index in [1.54, 1.807) is 18.4 Å². The standard InChI is InChI=1S/C22H16N2OS/c1-25-17-13-11-15(12-14-17)20-21(16-7-3-2-4-8-16)26-22-23-18-9-5-6-10-19(18)24(20)22/h2-14H,1H3. The van der Waals surface area contributed by atoms with Crippen LogP contribution < -0.4 is 4.74 Å². The summed E-state index contributed by atoms with van der Waals surface area (Å²) in [6, 6.07) is 27.0. The van der Waals surface area contributed by atoms with Gasteiger partial charge in [0, 0.05) is 5.56 Å². The van der Waals surface area contributed by atoms with Crippen molar-refractivity contribution in [2.24, 2.45) is 0 Å². The number of aromatic nitrogens is 2. The number of rotatable bonds is 3. The smallest absolute Gasteiger partial charge is 0.195 e. The zero-order chi connectivity index (χ0) is 17.5. The molecule has 26 heavy (non-hydrogen) atoms. The summed E-state index contributed by atoms with van der Waals surface area (Å²) in [5.74, 6) is 0.858. The SMILES string of the molecule is COc1ccc(-c2c(-c3ccccc3)sc3nc4ccccc4n23)cc1. The van der Waals surface area contributed by atoms with Crippen LogP contribution in [-0.2, 0) is 0 Å². The summed E-state index contributed by atoms with van der Waals surface area (Å²) in [5.41, 5.74) is 5.68. The number of hydrogen-bond donors (Lipinski definition) is 0. The van der Waals surface area contributed by atoms with E-state index >= 15 is 0 Å². The van der Waals surface area contributed by atoms with Crippen LogP contribution in [0, 0.1) is 0 Å². The first-order valence-corrected chi connectivity index (χ1v) is 9.26. The van der Waals surface area contributed by atoms with E-state index in [0.29, 0.717) is 0 Å². The first-order valence-electron chi connectivity index (χ1n) is 8.45. The summed E-state index contributed by atoms with van der Waals surface area (Å²) >= 11 is 1.73. The molecule has 0 spiro atoms. The third-order valence-corrected chi connectivity index (χ3v) is 5.65. The molecule has 0 saturated carbocycles. The Morgan fingerprint density at radius 3 is 2.31 bits per heavy atom. The summed E-state index contributed by atoms with van der Waals surface area (Å²) in [5, 5.41) is 0. The van der Waals surface area contributed by atoms with Crippen LogP contribution in [0.3, 0.4) is 0 Å². The predicted octanol–water partition coefficient (Wildman–Crippen LogP) is 5.89. The second-order valence-corrected chi connectivity index (χ2v) is 7.07. The van der Waals surface area contributed by atoms with Gasteiger partial charge in [-0.2, -0.15) is 0 Å². The molecule has 0 radical (unpaired) electrons. The van der Waals surface area contributed by atoms with Gasteiger partial charge in [0.1, 0.15) is 5.75 Å². The molecule has 4 heteroatoms. The van der Waals surface area contributed by atoms with Crippen molar-refractivity contribution in [3.8, 4) is 27.4 Å². The van der Waals surface area contributed by atoms with Gasteiger partial charge < -0.3 is 4.74 Å². The molecule has 0 aliphatic rings. The molecule has 0 atom stereocenters. The lowest BCUT2D eigenvalue weighted by Gasteiger charge is -2.07. The molecule has 0 unspecified atom stereocenters. The van der Waals surface area contributed by atoms with Gasteiger partial charge in [-0.3, -0.25) is 4.40 Å². The highest BCUT2D eigenvalue weighted by molar-refractivity contribution is 7.21. The maximum atomic E-state index is 5.33. The van der Waals surface area contributed by atoms with Crippen molar-refractivity contribution in [1.82, 2.24) is 9.38 Å². The molecule has 2 aromatic heterocycles. The number of para-hydroxylation sites is 2. The number of benzene rings is 3. The van der Waals surface area contributed by atoms with Crippen LogP contribution in [0.2, 0.25) is 0 Å². The largest absolute Gasteiger partial charge is 0.497 e. The topological polar surface area (TPSA) is 26.5 Å². The number of methoxy groups -OCH3 is 1. The maximum Gasteiger partial charge on any atom is 0.195 e. The average Bonchev–Trinajstić information content (AvgIpc) is 3.25. The average molecular weight is 356 g/mol. The molecule has 0 bridgehead atoms. The van der Waals surface area contributed by atoms with Crippen LogP contribution in [0.4, 0.5) is 0 Å². The van der Waals surface area contributed by atoms with Crippen molar-refractivity contribution >= 4 is 27.3 Å². The molecule has 2 heterocycles. The van der Waals surface area contributed by atoms with Gasteiger partial charge in [-0.05, 0) is 42.0 Å². The molecular weight excluding hydrogens is 340 g/mol. The fourth-order valence-electron chi connectivity index (χ4n) is 3.32. The Kier molecular flexibility index (Phi) is 3.50. The number of hydrogen-bond acceptors (Lipinski definition) is 3. The summed E-state index contributed by atoms with van der Waals surface area (Å²) < 4.78 is 7.60. The lowest BCUT2D eigenvalue weighted by atomic mass is 10.1. The highest BCUT2D eigenvalue weighted by Gasteiger charge is 2.19. The van der Waals surface area contributed by atoms with E-state index in [2.05, 4.69) is 59.0 Å². The van der Waals surface area contributed by atoms with Crippen molar-refractivity contribution in [3.05, 3.63) is 78.9 Å². The summed E-state index contributed by atoms with van der Waals surface area (Å²) in [4.78, 5) is 7.07. The van der Waals surface area contributed by atoms with E-state index in [9.17, 15) is 0 Å². The quantitative estimate of drug-likeness (QED) is 0.403. The minimum Gasteiger partial charge on any atom is -0.497 e. The molecule has 0 aliphatic carbocycles. The molecule has 3 aromatic carbocycles. The van der Waals surface area contributed by atoms with Crippen LogP contribution in [0.1, 0.15) is 0 Å². The van der Waals surface area contributed by atoms with Crippen LogP contribution >= 0.6 is 11.3 Å². The highest BCUT2D eigenvalue weighted by Crippen LogP contribution is 2.41. The van der Waals surface area contributed by atoms with Gasteiger partial charge in [0.05, 0.1) is 28.7 Å². The zero-order valence-corrected chi connectivity index (χ0v) is 15.0. The lowest BCUT2D eigenvalue weighted by molar-refractivity contribution is 0.415. The number of ether oxygens (including phenoxy) is 1. The number of thiazole rings is 1. The van der Waals surface area contributed by atoms with Crippen molar-refractivity contribution in [3.63, 3.8) is 0 Å². The minimum atomic E-state index is 0.858. The number of fused-ring (bicyclic) bond motifs is 3. The van der Waals surface area contributed by atoms with E-state index < -0.39 is 0 Å². The minimum absolute atomic E-state index is 0.858. The fraction of sp³-hybridized carbons (Fsp3) is 0.0455. The molecule has 5 aromatic rings. The first kappa shape index (κ1) is 15.2. The van der Waals surface area contributed by atoms with E-state index in [0.717, 1.165) is 27.3 Å². The highest BCUT2D eigenvalue weighted by atomic mass is 32.1. The summed E-state index contributed by atoms with van der Waals surface area (Å²) in [7, 11) is 1.69. The summed E-state index contributed by atoms with van der Waals surface area (Å²) in [6.07, 6.45) is 0. The van der Waals surface area contributed by atoms with Crippen molar-refractivity contribution in [2.75, 3.05) is 7.11 Å². The van der Waals surface area contributed by atoms with Crippen molar-refractivity contribution in [1.29, 1.82) is 0 Å². The van der Waals surface area contributed by atoms with Crippen LogP contribution in [0.15, 0.2) is 78.9 Å². The second kappa shape index (κ2) is 6.00. The van der Waals surface area contributed by atoms with E-state index in [1.165, 1.54) is 16.1 Å². The lowest BCUT2D eigenvalue weighted by Crippen LogP contribution is -1.89. The Bertz CT molecular complexity index is 1200.